The van der Waals surface area contributed by atoms with E-state index in [1.165, 1.54) is 4.80 Å². The molecule has 3 aromatic rings. The minimum atomic E-state index is 0.144. The van der Waals surface area contributed by atoms with Crippen LogP contribution in [-0.2, 0) is 6.42 Å². The fourth-order valence-electron chi connectivity index (χ4n) is 2.32. The number of aromatic nitrogens is 3. The van der Waals surface area contributed by atoms with Crippen molar-refractivity contribution in [2.45, 2.75) is 19.3 Å². The summed E-state index contributed by atoms with van der Waals surface area (Å²) in [7, 11) is 0. The SMILES string of the molecule is OCCCCc1ccc(O)c(-n2nc3ccc(Br)cc3n2)c1. The van der Waals surface area contributed by atoms with E-state index in [4.69, 9.17) is 5.11 Å². The molecule has 0 unspecified atom stereocenters. The van der Waals surface area contributed by atoms with E-state index in [1.807, 2.05) is 30.3 Å². The molecule has 0 radical (unpaired) electrons. The van der Waals surface area contributed by atoms with Crippen LogP contribution in [0.5, 0.6) is 5.75 Å². The molecule has 1 heterocycles. The number of aromatic hydroxyl groups is 1. The van der Waals surface area contributed by atoms with Crippen LogP contribution in [0.3, 0.4) is 0 Å². The van der Waals surface area contributed by atoms with Crippen LogP contribution in [0.15, 0.2) is 40.9 Å². The Kier molecular flexibility index (Phi) is 4.40. The summed E-state index contributed by atoms with van der Waals surface area (Å²) in [6, 6.07) is 11.1. The van der Waals surface area contributed by atoms with Gasteiger partial charge >= 0.3 is 0 Å². The maximum Gasteiger partial charge on any atom is 0.143 e. The highest BCUT2D eigenvalue weighted by Gasteiger charge is 2.10. The lowest BCUT2D eigenvalue weighted by molar-refractivity contribution is 0.284. The Bertz CT molecular complexity index is 801. The first-order valence-electron chi connectivity index (χ1n) is 7.13. The molecule has 0 aliphatic rings. The Labute approximate surface area is 136 Å². The smallest absolute Gasteiger partial charge is 0.143 e. The van der Waals surface area contributed by atoms with E-state index in [2.05, 4.69) is 26.1 Å². The number of phenols is 1. The normalized spacial score (nSPS) is 11.2. The zero-order chi connectivity index (χ0) is 15.5. The van der Waals surface area contributed by atoms with Crippen molar-refractivity contribution in [3.05, 3.63) is 46.4 Å². The topological polar surface area (TPSA) is 71.2 Å². The van der Waals surface area contributed by atoms with E-state index in [1.54, 1.807) is 6.07 Å². The van der Waals surface area contributed by atoms with E-state index < -0.39 is 0 Å². The van der Waals surface area contributed by atoms with E-state index in [9.17, 15) is 5.11 Å². The van der Waals surface area contributed by atoms with Crippen LogP contribution in [0.25, 0.3) is 16.7 Å². The first-order chi connectivity index (χ1) is 10.7. The maximum absolute atomic E-state index is 10.1. The monoisotopic (exact) mass is 361 g/mol. The molecule has 0 bridgehead atoms. The molecule has 0 aliphatic carbocycles. The van der Waals surface area contributed by atoms with Gasteiger partial charge < -0.3 is 10.2 Å². The van der Waals surface area contributed by atoms with E-state index in [-0.39, 0.29) is 12.4 Å². The Morgan fingerprint density at radius 3 is 2.64 bits per heavy atom. The minimum Gasteiger partial charge on any atom is -0.506 e. The molecule has 114 valence electrons. The zero-order valence-corrected chi connectivity index (χ0v) is 13.5. The van der Waals surface area contributed by atoms with Gasteiger partial charge in [0.15, 0.2) is 0 Å². The van der Waals surface area contributed by atoms with Crippen LogP contribution in [0, 0.1) is 0 Å². The highest BCUT2D eigenvalue weighted by atomic mass is 79.9. The Balaban J connectivity index is 1.96. The van der Waals surface area contributed by atoms with Crippen molar-refractivity contribution in [2.75, 3.05) is 6.61 Å². The number of aryl methyl sites for hydroxylation is 1. The second-order valence-electron chi connectivity index (χ2n) is 5.13. The number of hydrogen-bond donors (Lipinski definition) is 2. The average Bonchev–Trinajstić information content (AvgIpc) is 2.92. The fourth-order valence-corrected chi connectivity index (χ4v) is 2.67. The highest BCUT2D eigenvalue weighted by molar-refractivity contribution is 9.10. The molecule has 3 rings (SSSR count). The summed E-state index contributed by atoms with van der Waals surface area (Å²) in [6.45, 7) is 0.200. The van der Waals surface area contributed by atoms with Crippen molar-refractivity contribution in [1.82, 2.24) is 15.0 Å². The van der Waals surface area contributed by atoms with Gasteiger partial charge in [0.05, 0.1) is 0 Å². The number of nitrogens with zero attached hydrogens (tertiary/aromatic N) is 3. The largest absolute Gasteiger partial charge is 0.506 e. The average molecular weight is 362 g/mol. The molecule has 1 aromatic heterocycles. The van der Waals surface area contributed by atoms with Crippen LogP contribution in [0.1, 0.15) is 18.4 Å². The summed E-state index contributed by atoms with van der Waals surface area (Å²) in [4.78, 5) is 1.46. The van der Waals surface area contributed by atoms with Crippen molar-refractivity contribution >= 4 is 27.0 Å². The number of fused-ring (bicyclic) bond motifs is 1. The van der Waals surface area contributed by atoms with Crippen LogP contribution in [0.2, 0.25) is 0 Å². The van der Waals surface area contributed by atoms with Gasteiger partial charge in [-0.3, -0.25) is 0 Å². The zero-order valence-electron chi connectivity index (χ0n) is 11.9. The quantitative estimate of drug-likeness (QED) is 0.684. The van der Waals surface area contributed by atoms with Gasteiger partial charge in [-0.2, -0.15) is 0 Å². The molecular weight excluding hydrogens is 346 g/mol. The second kappa shape index (κ2) is 6.46. The predicted molar refractivity (Wildman–Crippen MR) is 88.3 cm³/mol. The van der Waals surface area contributed by atoms with E-state index >= 15 is 0 Å². The summed E-state index contributed by atoms with van der Waals surface area (Å²) >= 11 is 3.41. The fraction of sp³-hybridized carbons (Fsp3) is 0.250. The van der Waals surface area contributed by atoms with Gasteiger partial charge in [0.2, 0.25) is 0 Å². The van der Waals surface area contributed by atoms with Gasteiger partial charge in [-0.1, -0.05) is 22.0 Å². The maximum atomic E-state index is 10.1. The predicted octanol–water partition coefficient (Wildman–Crippen LogP) is 3.20. The number of hydrogen-bond acceptors (Lipinski definition) is 4. The highest BCUT2D eigenvalue weighted by Crippen LogP contribution is 2.24. The Morgan fingerprint density at radius 2 is 1.82 bits per heavy atom. The molecular formula is C16H16BrN3O2. The van der Waals surface area contributed by atoms with Crippen LogP contribution in [-0.4, -0.2) is 31.8 Å². The van der Waals surface area contributed by atoms with E-state index in [0.717, 1.165) is 40.3 Å². The summed E-state index contributed by atoms with van der Waals surface area (Å²) in [5, 5.41) is 27.8. The number of unbranched alkanes of at least 4 members (excludes halogenated alkanes) is 1. The lowest BCUT2D eigenvalue weighted by Gasteiger charge is -2.06. The van der Waals surface area contributed by atoms with Crippen LogP contribution in [0.4, 0.5) is 0 Å². The third-order valence-corrected chi connectivity index (χ3v) is 3.96. The Hall–Kier alpha value is -1.92. The first-order valence-corrected chi connectivity index (χ1v) is 7.92. The minimum absolute atomic E-state index is 0.144. The van der Waals surface area contributed by atoms with Gasteiger partial charge in [0.1, 0.15) is 22.5 Å². The first kappa shape index (κ1) is 15.0. The molecule has 0 spiro atoms. The molecule has 2 N–H and O–H groups in total. The number of benzene rings is 2. The van der Waals surface area contributed by atoms with Crippen molar-refractivity contribution in [2.24, 2.45) is 0 Å². The summed E-state index contributed by atoms with van der Waals surface area (Å²) in [6.07, 6.45) is 2.52. The third kappa shape index (κ3) is 3.13. The molecule has 6 heteroatoms. The molecule has 22 heavy (non-hydrogen) atoms. The number of phenolic OH excluding ortho intramolecular Hbond substituents is 1. The number of aliphatic hydroxyl groups excluding tert-OH is 1. The van der Waals surface area contributed by atoms with Gasteiger partial charge in [0, 0.05) is 11.1 Å². The molecule has 0 saturated heterocycles. The van der Waals surface area contributed by atoms with Crippen molar-refractivity contribution < 1.29 is 10.2 Å². The summed E-state index contributed by atoms with van der Waals surface area (Å²) < 4.78 is 0.939. The summed E-state index contributed by atoms with van der Waals surface area (Å²) in [5.41, 5.74) is 3.19. The summed E-state index contributed by atoms with van der Waals surface area (Å²) in [5.74, 6) is 0.144. The molecule has 0 atom stereocenters. The molecule has 0 saturated carbocycles. The standard InChI is InChI=1S/C16H16BrN3O2/c17-12-5-6-13-14(10-12)19-20(18-13)15-9-11(3-1-2-8-21)4-7-16(15)22/h4-7,9-10,21-22H,1-3,8H2. The molecule has 0 amide bonds. The lowest BCUT2D eigenvalue weighted by atomic mass is 10.1. The van der Waals surface area contributed by atoms with Crippen molar-refractivity contribution in [3.63, 3.8) is 0 Å². The Morgan fingerprint density at radius 1 is 1.00 bits per heavy atom. The lowest BCUT2D eigenvalue weighted by Crippen LogP contribution is -2.00. The van der Waals surface area contributed by atoms with Crippen molar-refractivity contribution in [3.8, 4) is 11.4 Å². The molecule has 5 nitrogen and oxygen atoms in total. The number of halogens is 1. The van der Waals surface area contributed by atoms with Gasteiger partial charge in [-0.15, -0.1) is 15.0 Å². The second-order valence-corrected chi connectivity index (χ2v) is 6.04. The van der Waals surface area contributed by atoms with Crippen LogP contribution < -0.4 is 0 Å². The number of aliphatic hydroxyl groups is 1. The molecule has 0 fully saturated rings. The van der Waals surface area contributed by atoms with Gasteiger partial charge in [-0.05, 0) is 55.2 Å². The third-order valence-electron chi connectivity index (χ3n) is 3.47. The van der Waals surface area contributed by atoms with Gasteiger partial charge in [-0.25, -0.2) is 0 Å². The number of rotatable bonds is 5. The molecule has 2 aromatic carbocycles. The molecule has 0 aliphatic heterocycles. The van der Waals surface area contributed by atoms with E-state index in [0.29, 0.717) is 5.69 Å². The van der Waals surface area contributed by atoms with Gasteiger partial charge in [0.25, 0.3) is 0 Å². The van der Waals surface area contributed by atoms with Crippen molar-refractivity contribution in [1.29, 1.82) is 0 Å². The van der Waals surface area contributed by atoms with Crippen LogP contribution >= 0.6 is 15.9 Å².